The van der Waals surface area contributed by atoms with Crippen LogP contribution >= 0.6 is 0 Å². The lowest BCUT2D eigenvalue weighted by molar-refractivity contribution is 0.0735. The van der Waals surface area contributed by atoms with E-state index in [1.54, 1.807) is 0 Å². The number of nitrogens with zero attached hydrogens (tertiary/aromatic N) is 2. The maximum atomic E-state index is 12.5. The highest BCUT2D eigenvalue weighted by molar-refractivity contribution is 5.94. The predicted octanol–water partition coefficient (Wildman–Crippen LogP) is 3.03. The molecule has 2 aromatic rings. The van der Waals surface area contributed by atoms with E-state index in [9.17, 15) is 4.79 Å². The summed E-state index contributed by atoms with van der Waals surface area (Å²) in [6.45, 7) is 2.96. The maximum absolute atomic E-state index is 12.5. The Morgan fingerprint density at radius 1 is 1.09 bits per heavy atom. The molecule has 3 heteroatoms. The average molecular weight is 294 g/mol. The van der Waals surface area contributed by atoms with E-state index in [1.165, 1.54) is 5.56 Å². The molecule has 1 fully saturated rings. The predicted molar refractivity (Wildman–Crippen MR) is 88.7 cm³/mol. The van der Waals surface area contributed by atoms with Gasteiger partial charge in [0.25, 0.3) is 5.91 Å². The van der Waals surface area contributed by atoms with Crippen molar-refractivity contribution in [3.8, 4) is 0 Å². The summed E-state index contributed by atoms with van der Waals surface area (Å²) in [7, 11) is 1.92. The SMILES string of the molecule is CN(C(=O)c1ccccc1)C1CCN(Cc2ccccc2)C1. The summed E-state index contributed by atoms with van der Waals surface area (Å²) in [6, 6.07) is 20.4. The molecule has 1 aliphatic heterocycles. The van der Waals surface area contributed by atoms with Crippen LogP contribution in [0.15, 0.2) is 60.7 Å². The molecule has 1 unspecified atom stereocenters. The van der Waals surface area contributed by atoms with E-state index in [0.29, 0.717) is 6.04 Å². The van der Waals surface area contributed by atoms with Crippen LogP contribution in [-0.2, 0) is 6.54 Å². The van der Waals surface area contributed by atoms with Gasteiger partial charge in [-0.2, -0.15) is 0 Å². The third-order valence-corrected chi connectivity index (χ3v) is 4.39. The summed E-state index contributed by atoms with van der Waals surface area (Å²) in [4.78, 5) is 16.8. The van der Waals surface area contributed by atoms with Gasteiger partial charge in [0.1, 0.15) is 0 Å². The molecule has 3 nitrogen and oxygen atoms in total. The quantitative estimate of drug-likeness (QED) is 0.865. The summed E-state index contributed by atoms with van der Waals surface area (Å²) in [5, 5.41) is 0. The van der Waals surface area contributed by atoms with Gasteiger partial charge in [0.15, 0.2) is 0 Å². The number of amides is 1. The fraction of sp³-hybridized carbons (Fsp3) is 0.316. The monoisotopic (exact) mass is 294 g/mol. The van der Waals surface area contributed by atoms with Gasteiger partial charge in [-0.1, -0.05) is 48.5 Å². The van der Waals surface area contributed by atoms with Crippen LogP contribution in [0.2, 0.25) is 0 Å². The molecule has 3 rings (SSSR count). The lowest BCUT2D eigenvalue weighted by atomic mass is 10.1. The molecule has 0 radical (unpaired) electrons. The molecule has 1 amide bonds. The first-order chi connectivity index (χ1) is 10.7. The van der Waals surface area contributed by atoms with E-state index in [2.05, 4.69) is 29.2 Å². The van der Waals surface area contributed by atoms with Crippen LogP contribution < -0.4 is 0 Å². The molecule has 22 heavy (non-hydrogen) atoms. The number of carbonyl (C=O) groups is 1. The van der Waals surface area contributed by atoms with Gasteiger partial charge >= 0.3 is 0 Å². The molecule has 1 atom stereocenters. The third-order valence-electron chi connectivity index (χ3n) is 4.39. The van der Waals surface area contributed by atoms with Crippen molar-refractivity contribution in [1.82, 2.24) is 9.80 Å². The van der Waals surface area contributed by atoms with Crippen LogP contribution in [0.4, 0.5) is 0 Å². The highest BCUT2D eigenvalue weighted by Crippen LogP contribution is 2.18. The van der Waals surface area contributed by atoms with Crippen molar-refractivity contribution in [2.45, 2.75) is 19.0 Å². The number of benzene rings is 2. The first-order valence-corrected chi connectivity index (χ1v) is 7.82. The Bertz CT molecular complexity index is 612. The van der Waals surface area contributed by atoms with Crippen molar-refractivity contribution in [2.75, 3.05) is 20.1 Å². The van der Waals surface area contributed by atoms with E-state index in [0.717, 1.165) is 31.6 Å². The summed E-state index contributed by atoms with van der Waals surface area (Å²) in [5.41, 5.74) is 2.10. The molecule has 0 aromatic heterocycles. The second kappa shape index (κ2) is 6.75. The highest BCUT2D eigenvalue weighted by atomic mass is 16.2. The normalized spacial score (nSPS) is 18.3. The van der Waals surface area contributed by atoms with Crippen LogP contribution in [-0.4, -0.2) is 41.9 Å². The fourth-order valence-corrected chi connectivity index (χ4v) is 3.06. The van der Waals surface area contributed by atoms with E-state index in [1.807, 2.05) is 48.3 Å². The Kier molecular flexibility index (Phi) is 4.54. The number of carbonyl (C=O) groups excluding carboxylic acids is 1. The second-order valence-corrected chi connectivity index (χ2v) is 5.95. The average Bonchev–Trinajstić information content (AvgIpc) is 3.04. The van der Waals surface area contributed by atoms with Gasteiger partial charge in [0.2, 0.25) is 0 Å². The number of hydrogen-bond acceptors (Lipinski definition) is 2. The van der Waals surface area contributed by atoms with Crippen molar-refractivity contribution in [2.24, 2.45) is 0 Å². The Morgan fingerprint density at radius 2 is 1.73 bits per heavy atom. The molecule has 0 N–H and O–H groups in total. The fourth-order valence-electron chi connectivity index (χ4n) is 3.06. The van der Waals surface area contributed by atoms with Gasteiger partial charge in [0, 0.05) is 38.3 Å². The lowest BCUT2D eigenvalue weighted by Crippen LogP contribution is -2.38. The van der Waals surface area contributed by atoms with Crippen molar-refractivity contribution in [3.63, 3.8) is 0 Å². The Hall–Kier alpha value is -2.13. The van der Waals surface area contributed by atoms with E-state index >= 15 is 0 Å². The maximum Gasteiger partial charge on any atom is 0.253 e. The highest BCUT2D eigenvalue weighted by Gasteiger charge is 2.28. The Balaban J connectivity index is 1.59. The van der Waals surface area contributed by atoms with Crippen LogP contribution in [0.25, 0.3) is 0 Å². The standard InChI is InChI=1S/C19H22N2O/c1-20(19(22)17-10-6-3-7-11-17)18-12-13-21(15-18)14-16-8-4-2-5-9-16/h2-11,18H,12-15H2,1H3. The van der Waals surface area contributed by atoms with Gasteiger partial charge < -0.3 is 4.90 Å². The Labute approximate surface area is 132 Å². The van der Waals surface area contributed by atoms with Crippen LogP contribution in [0.5, 0.6) is 0 Å². The minimum atomic E-state index is 0.118. The number of likely N-dealkylation sites (tertiary alicyclic amines) is 1. The van der Waals surface area contributed by atoms with Gasteiger partial charge in [-0.05, 0) is 24.1 Å². The number of likely N-dealkylation sites (N-methyl/N-ethyl adjacent to an activating group) is 1. The van der Waals surface area contributed by atoms with Gasteiger partial charge in [-0.25, -0.2) is 0 Å². The minimum absolute atomic E-state index is 0.118. The topological polar surface area (TPSA) is 23.6 Å². The van der Waals surface area contributed by atoms with Gasteiger partial charge in [-0.3, -0.25) is 9.69 Å². The number of hydrogen-bond donors (Lipinski definition) is 0. The largest absolute Gasteiger partial charge is 0.337 e. The zero-order valence-electron chi connectivity index (χ0n) is 13.0. The molecule has 1 heterocycles. The summed E-state index contributed by atoms with van der Waals surface area (Å²) in [6.07, 6.45) is 1.04. The molecular formula is C19H22N2O. The summed E-state index contributed by atoms with van der Waals surface area (Å²) >= 11 is 0. The van der Waals surface area contributed by atoms with Crippen molar-refractivity contribution >= 4 is 5.91 Å². The van der Waals surface area contributed by atoms with E-state index < -0.39 is 0 Å². The van der Waals surface area contributed by atoms with Crippen molar-refractivity contribution in [1.29, 1.82) is 0 Å². The molecule has 0 spiro atoms. The molecular weight excluding hydrogens is 272 g/mol. The zero-order chi connectivity index (χ0) is 15.4. The third kappa shape index (κ3) is 3.37. The van der Waals surface area contributed by atoms with E-state index in [-0.39, 0.29) is 5.91 Å². The molecule has 1 saturated heterocycles. The van der Waals surface area contributed by atoms with Crippen molar-refractivity contribution in [3.05, 3.63) is 71.8 Å². The van der Waals surface area contributed by atoms with Gasteiger partial charge in [0.05, 0.1) is 0 Å². The molecule has 0 aliphatic carbocycles. The molecule has 0 saturated carbocycles. The van der Waals surface area contributed by atoms with Crippen LogP contribution in [0.3, 0.4) is 0 Å². The summed E-state index contributed by atoms with van der Waals surface area (Å²) < 4.78 is 0. The smallest absolute Gasteiger partial charge is 0.253 e. The van der Waals surface area contributed by atoms with Crippen LogP contribution in [0, 0.1) is 0 Å². The first kappa shape index (κ1) is 14.8. The van der Waals surface area contributed by atoms with Crippen LogP contribution in [0.1, 0.15) is 22.3 Å². The molecule has 2 aromatic carbocycles. The Morgan fingerprint density at radius 3 is 2.41 bits per heavy atom. The minimum Gasteiger partial charge on any atom is -0.337 e. The second-order valence-electron chi connectivity index (χ2n) is 5.95. The van der Waals surface area contributed by atoms with E-state index in [4.69, 9.17) is 0 Å². The number of rotatable bonds is 4. The first-order valence-electron chi connectivity index (χ1n) is 7.82. The molecule has 0 bridgehead atoms. The van der Waals surface area contributed by atoms with Crippen molar-refractivity contribution < 1.29 is 4.79 Å². The molecule has 1 aliphatic rings. The van der Waals surface area contributed by atoms with Gasteiger partial charge in [-0.15, -0.1) is 0 Å². The zero-order valence-corrected chi connectivity index (χ0v) is 13.0. The lowest BCUT2D eigenvalue weighted by Gasteiger charge is -2.25. The molecule has 114 valence electrons. The summed E-state index contributed by atoms with van der Waals surface area (Å²) in [5.74, 6) is 0.118.